The van der Waals surface area contributed by atoms with Crippen molar-refractivity contribution >= 4 is 17.6 Å². The molecular weight excluding hydrogens is 270 g/mol. The normalized spacial score (nSPS) is 28.4. The zero-order valence-corrected chi connectivity index (χ0v) is 12.7. The van der Waals surface area contributed by atoms with Gasteiger partial charge in [0.15, 0.2) is 0 Å². The van der Waals surface area contributed by atoms with E-state index in [0.717, 1.165) is 5.56 Å². The molecule has 1 aromatic rings. The van der Waals surface area contributed by atoms with E-state index in [9.17, 15) is 9.59 Å². The number of nitrogens with one attached hydrogen (secondary N) is 1. The Morgan fingerprint density at radius 1 is 1.19 bits per heavy atom. The van der Waals surface area contributed by atoms with Gasteiger partial charge in [-0.15, -0.1) is 0 Å². The highest BCUT2D eigenvalue weighted by molar-refractivity contribution is 5.95. The Balaban J connectivity index is 2.15. The molecule has 4 atom stereocenters. The SMILES string of the molecule is Cc1cc(C(=O)O)ccc1NC(=O)C1C(C)OC(C)C1C. The Kier molecular flexibility index (Phi) is 4.32. The molecule has 1 heterocycles. The van der Waals surface area contributed by atoms with Crippen LogP contribution in [0.25, 0.3) is 0 Å². The number of aryl methyl sites for hydroxylation is 1. The Hall–Kier alpha value is -1.88. The van der Waals surface area contributed by atoms with E-state index in [0.29, 0.717) is 5.69 Å². The van der Waals surface area contributed by atoms with Crippen LogP contribution in [-0.2, 0) is 9.53 Å². The highest BCUT2D eigenvalue weighted by Crippen LogP contribution is 2.33. The lowest BCUT2D eigenvalue weighted by Gasteiger charge is -2.19. The molecule has 0 radical (unpaired) electrons. The Labute approximate surface area is 124 Å². The van der Waals surface area contributed by atoms with Gasteiger partial charge in [0.25, 0.3) is 0 Å². The largest absolute Gasteiger partial charge is 0.478 e. The second kappa shape index (κ2) is 5.85. The third kappa shape index (κ3) is 3.08. The van der Waals surface area contributed by atoms with Crippen LogP contribution in [0.4, 0.5) is 5.69 Å². The van der Waals surface area contributed by atoms with Gasteiger partial charge in [-0.2, -0.15) is 0 Å². The van der Waals surface area contributed by atoms with Gasteiger partial charge in [-0.05, 0) is 50.5 Å². The van der Waals surface area contributed by atoms with Crippen molar-refractivity contribution in [3.8, 4) is 0 Å². The minimum atomic E-state index is -0.976. The third-order valence-corrected chi connectivity index (χ3v) is 4.28. The van der Waals surface area contributed by atoms with Gasteiger partial charge in [0.05, 0.1) is 23.7 Å². The van der Waals surface area contributed by atoms with E-state index in [2.05, 4.69) is 5.32 Å². The lowest BCUT2D eigenvalue weighted by Crippen LogP contribution is -2.32. The van der Waals surface area contributed by atoms with Gasteiger partial charge in [0.2, 0.25) is 5.91 Å². The summed E-state index contributed by atoms with van der Waals surface area (Å²) in [5.41, 5.74) is 1.59. The van der Waals surface area contributed by atoms with E-state index in [-0.39, 0.29) is 35.5 Å². The van der Waals surface area contributed by atoms with Crippen molar-refractivity contribution in [1.82, 2.24) is 0 Å². The molecule has 1 amide bonds. The van der Waals surface area contributed by atoms with Gasteiger partial charge < -0.3 is 15.2 Å². The van der Waals surface area contributed by atoms with E-state index >= 15 is 0 Å². The van der Waals surface area contributed by atoms with Crippen molar-refractivity contribution in [2.45, 2.75) is 39.9 Å². The minimum Gasteiger partial charge on any atom is -0.478 e. The van der Waals surface area contributed by atoms with Gasteiger partial charge in [0.1, 0.15) is 0 Å². The van der Waals surface area contributed by atoms with Gasteiger partial charge >= 0.3 is 5.97 Å². The number of rotatable bonds is 3. The summed E-state index contributed by atoms with van der Waals surface area (Å²) in [5.74, 6) is -1.10. The Morgan fingerprint density at radius 3 is 2.33 bits per heavy atom. The first-order chi connectivity index (χ1) is 9.81. The van der Waals surface area contributed by atoms with Crippen molar-refractivity contribution in [2.24, 2.45) is 11.8 Å². The molecule has 21 heavy (non-hydrogen) atoms. The van der Waals surface area contributed by atoms with Crippen LogP contribution >= 0.6 is 0 Å². The third-order valence-electron chi connectivity index (χ3n) is 4.28. The molecule has 4 unspecified atom stereocenters. The molecule has 0 aliphatic carbocycles. The fourth-order valence-electron chi connectivity index (χ4n) is 2.87. The highest BCUT2D eigenvalue weighted by atomic mass is 16.5. The minimum absolute atomic E-state index is 0.0613. The first-order valence-electron chi connectivity index (χ1n) is 7.11. The number of ether oxygens (including phenoxy) is 1. The van der Waals surface area contributed by atoms with Gasteiger partial charge in [0, 0.05) is 5.69 Å². The van der Waals surface area contributed by atoms with Crippen molar-refractivity contribution in [1.29, 1.82) is 0 Å². The summed E-state index contributed by atoms with van der Waals surface area (Å²) in [7, 11) is 0. The number of carboxylic acid groups (broad SMARTS) is 1. The average Bonchev–Trinajstić information content (AvgIpc) is 2.65. The summed E-state index contributed by atoms with van der Waals surface area (Å²) < 4.78 is 5.69. The van der Waals surface area contributed by atoms with Crippen LogP contribution < -0.4 is 5.32 Å². The van der Waals surface area contributed by atoms with Gasteiger partial charge in [-0.1, -0.05) is 6.92 Å². The molecule has 0 saturated carbocycles. The molecule has 0 spiro atoms. The maximum atomic E-state index is 12.4. The molecule has 0 bridgehead atoms. The monoisotopic (exact) mass is 291 g/mol. The molecule has 1 aromatic carbocycles. The number of anilines is 1. The van der Waals surface area contributed by atoms with E-state index in [4.69, 9.17) is 9.84 Å². The standard InChI is InChI=1S/C16H21NO4/c1-8-7-12(16(19)20)5-6-13(8)17-15(18)14-9(2)10(3)21-11(14)4/h5-7,9-11,14H,1-4H3,(H,17,18)(H,19,20). The molecule has 1 saturated heterocycles. The van der Waals surface area contributed by atoms with Crippen molar-refractivity contribution in [2.75, 3.05) is 5.32 Å². The fourth-order valence-corrected chi connectivity index (χ4v) is 2.87. The molecule has 1 aliphatic rings. The Morgan fingerprint density at radius 2 is 1.86 bits per heavy atom. The molecule has 114 valence electrons. The Bertz CT molecular complexity index is 569. The molecule has 1 aliphatic heterocycles. The maximum Gasteiger partial charge on any atom is 0.335 e. The average molecular weight is 291 g/mol. The van der Waals surface area contributed by atoms with Crippen molar-refractivity contribution < 1.29 is 19.4 Å². The maximum absolute atomic E-state index is 12.4. The first-order valence-corrected chi connectivity index (χ1v) is 7.11. The van der Waals surface area contributed by atoms with E-state index in [1.54, 1.807) is 19.1 Å². The van der Waals surface area contributed by atoms with Crippen LogP contribution in [0.2, 0.25) is 0 Å². The lowest BCUT2D eigenvalue weighted by molar-refractivity contribution is -0.121. The molecule has 5 heteroatoms. The predicted octanol–water partition coefficient (Wildman–Crippen LogP) is 2.69. The van der Waals surface area contributed by atoms with Crippen LogP contribution in [0.5, 0.6) is 0 Å². The summed E-state index contributed by atoms with van der Waals surface area (Å²) in [4.78, 5) is 23.4. The summed E-state index contributed by atoms with van der Waals surface area (Å²) in [6, 6.07) is 4.68. The number of hydrogen-bond acceptors (Lipinski definition) is 3. The van der Waals surface area contributed by atoms with E-state index < -0.39 is 5.97 Å². The number of carboxylic acids is 1. The molecule has 1 fully saturated rings. The molecule has 0 aromatic heterocycles. The zero-order chi connectivity index (χ0) is 15.7. The second-order valence-corrected chi connectivity index (χ2v) is 5.76. The van der Waals surface area contributed by atoms with Crippen LogP contribution in [0.15, 0.2) is 18.2 Å². The fraction of sp³-hybridized carbons (Fsp3) is 0.500. The number of aromatic carboxylic acids is 1. The van der Waals surface area contributed by atoms with Crippen molar-refractivity contribution in [3.63, 3.8) is 0 Å². The van der Waals surface area contributed by atoms with Crippen LogP contribution in [0.1, 0.15) is 36.7 Å². The van der Waals surface area contributed by atoms with E-state index in [1.807, 2.05) is 20.8 Å². The smallest absolute Gasteiger partial charge is 0.335 e. The predicted molar refractivity (Wildman–Crippen MR) is 79.4 cm³/mol. The molecule has 2 rings (SSSR count). The first kappa shape index (κ1) is 15.5. The van der Waals surface area contributed by atoms with E-state index in [1.165, 1.54) is 6.07 Å². The quantitative estimate of drug-likeness (QED) is 0.897. The summed E-state index contributed by atoms with van der Waals surface area (Å²) in [6.07, 6.45) is -0.0557. The van der Waals surface area contributed by atoms with Crippen LogP contribution in [0, 0.1) is 18.8 Å². The van der Waals surface area contributed by atoms with Gasteiger partial charge in [-0.25, -0.2) is 4.79 Å². The number of hydrogen-bond donors (Lipinski definition) is 2. The number of benzene rings is 1. The van der Waals surface area contributed by atoms with Crippen molar-refractivity contribution in [3.05, 3.63) is 29.3 Å². The molecular formula is C16H21NO4. The summed E-state index contributed by atoms with van der Waals surface area (Å²) in [6.45, 7) is 7.67. The highest BCUT2D eigenvalue weighted by Gasteiger charge is 2.41. The second-order valence-electron chi connectivity index (χ2n) is 5.76. The number of carbonyl (C=O) groups is 2. The van der Waals surface area contributed by atoms with Crippen LogP contribution in [-0.4, -0.2) is 29.2 Å². The number of carbonyl (C=O) groups excluding carboxylic acids is 1. The molecule has 5 nitrogen and oxygen atoms in total. The topological polar surface area (TPSA) is 75.6 Å². The summed E-state index contributed by atoms with van der Waals surface area (Å²) in [5, 5.41) is 11.8. The molecule has 2 N–H and O–H groups in total. The lowest BCUT2D eigenvalue weighted by atomic mass is 9.88. The summed E-state index contributed by atoms with van der Waals surface area (Å²) >= 11 is 0. The van der Waals surface area contributed by atoms with Gasteiger partial charge in [-0.3, -0.25) is 4.79 Å². The number of amides is 1. The zero-order valence-electron chi connectivity index (χ0n) is 12.7. The van der Waals surface area contributed by atoms with Crippen LogP contribution in [0.3, 0.4) is 0 Å².